The van der Waals surface area contributed by atoms with Gasteiger partial charge in [-0.2, -0.15) is 0 Å². The van der Waals surface area contributed by atoms with Crippen molar-refractivity contribution < 1.29 is 29.3 Å². The molecule has 0 saturated heterocycles. The molecule has 10 heteroatoms. The summed E-state index contributed by atoms with van der Waals surface area (Å²) < 4.78 is 5.14. The lowest BCUT2D eigenvalue weighted by Gasteiger charge is -2.19. The number of carbonyl (C=O) groups is 2. The first-order valence-corrected chi connectivity index (χ1v) is 8.87. The minimum absolute atomic E-state index is 0.0693. The third-order valence-electron chi connectivity index (χ3n) is 4.28. The van der Waals surface area contributed by atoms with Crippen molar-refractivity contribution >= 4 is 30.6 Å². The first kappa shape index (κ1) is 20.6. The zero-order valence-electron chi connectivity index (χ0n) is 15.1. The molecule has 3 rings (SSSR count). The summed E-state index contributed by atoms with van der Waals surface area (Å²) in [6.07, 6.45) is 0. The Morgan fingerprint density at radius 3 is 2.59 bits per heavy atom. The van der Waals surface area contributed by atoms with Gasteiger partial charge in [0.1, 0.15) is 17.0 Å². The molecule has 1 unspecified atom stereocenters. The van der Waals surface area contributed by atoms with Gasteiger partial charge >= 0.3 is 7.12 Å². The van der Waals surface area contributed by atoms with Gasteiger partial charge in [-0.1, -0.05) is 53.2 Å². The monoisotopic (exact) mass is 413 g/mol. The Labute approximate surface area is 170 Å². The number of aromatic nitrogens is 1. The molecule has 0 aliphatic rings. The van der Waals surface area contributed by atoms with Crippen molar-refractivity contribution in [3.8, 4) is 11.3 Å². The van der Waals surface area contributed by atoms with Crippen LogP contribution in [0.5, 0.6) is 0 Å². The first-order chi connectivity index (χ1) is 13.8. The van der Waals surface area contributed by atoms with E-state index in [2.05, 4.69) is 10.5 Å². The summed E-state index contributed by atoms with van der Waals surface area (Å²) in [5, 5.41) is 37.3. The highest BCUT2D eigenvalue weighted by Gasteiger charge is 2.31. The molecular weight excluding hydrogens is 398 g/mol. The number of carbonyl (C=O) groups excluding carboxylic acids is 2. The van der Waals surface area contributed by atoms with Gasteiger partial charge in [-0.3, -0.25) is 4.79 Å². The van der Waals surface area contributed by atoms with E-state index in [9.17, 15) is 24.7 Å². The molecule has 0 aliphatic carbocycles. The van der Waals surface area contributed by atoms with E-state index in [0.29, 0.717) is 10.6 Å². The smallest absolute Gasteiger partial charge is 0.480 e. The van der Waals surface area contributed by atoms with Gasteiger partial charge in [0.15, 0.2) is 0 Å². The maximum atomic E-state index is 12.9. The summed E-state index contributed by atoms with van der Waals surface area (Å²) >= 11 is 6.19. The van der Waals surface area contributed by atoms with E-state index in [1.807, 2.05) is 0 Å². The van der Waals surface area contributed by atoms with Crippen LogP contribution in [0.25, 0.3) is 11.3 Å². The molecule has 1 atom stereocenters. The molecule has 0 aliphatic heterocycles. The van der Waals surface area contributed by atoms with Gasteiger partial charge in [0.25, 0.3) is 5.91 Å². The SMILES string of the molecule is Cc1onc(-c2ccccc2Cl)c1C(=O)NC(B(O)O)c1cccc(C(=O)[O-])c1. The number of hydrogen-bond acceptors (Lipinski definition) is 7. The molecular formula is C19H15BClN2O6-. The fraction of sp³-hybridized carbons (Fsp3) is 0.105. The zero-order chi connectivity index (χ0) is 21.1. The highest BCUT2D eigenvalue weighted by atomic mass is 35.5. The van der Waals surface area contributed by atoms with Gasteiger partial charge in [0.2, 0.25) is 0 Å². The number of halogens is 1. The number of hydrogen-bond donors (Lipinski definition) is 3. The molecule has 3 aromatic rings. The number of rotatable bonds is 6. The summed E-state index contributed by atoms with van der Waals surface area (Å²) in [5.41, 5.74) is 0.736. The van der Waals surface area contributed by atoms with Gasteiger partial charge < -0.3 is 29.8 Å². The largest absolute Gasteiger partial charge is 0.545 e. The van der Waals surface area contributed by atoms with Crippen molar-refractivity contribution in [3.63, 3.8) is 0 Å². The minimum atomic E-state index is -2.00. The molecule has 1 aromatic heterocycles. The Hall–Kier alpha value is -3.14. The van der Waals surface area contributed by atoms with Crippen molar-refractivity contribution in [1.29, 1.82) is 0 Å². The second-order valence-electron chi connectivity index (χ2n) is 6.22. The molecule has 148 valence electrons. The van der Waals surface area contributed by atoms with Crippen LogP contribution >= 0.6 is 11.6 Å². The van der Waals surface area contributed by atoms with Crippen molar-refractivity contribution in [2.45, 2.75) is 12.9 Å². The van der Waals surface area contributed by atoms with Crippen LogP contribution in [-0.2, 0) is 0 Å². The zero-order valence-corrected chi connectivity index (χ0v) is 15.9. The van der Waals surface area contributed by atoms with E-state index in [4.69, 9.17) is 16.1 Å². The van der Waals surface area contributed by atoms with E-state index in [1.165, 1.54) is 31.2 Å². The Morgan fingerprint density at radius 1 is 1.21 bits per heavy atom. The minimum Gasteiger partial charge on any atom is -0.545 e. The van der Waals surface area contributed by atoms with Crippen LogP contribution < -0.4 is 10.4 Å². The number of carboxylic acid groups (broad SMARTS) is 1. The van der Waals surface area contributed by atoms with Crippen LogP contribution in [0.3, 0.4) is 0 Å². The second kappa shape index (κ2) is 8.48. The average Bonchev–Trinajstić information content (AvgIpc) is 3.07. The summed E-state index contributed by atoms with van der Waals surface area (Å²) in [6, 6.07) is 12.1. The molecule has 0 bridgehead atoms. The number of carboxylic acids is 1. The van der Waals surface area contributed by atoms with Crippen LogP contribution in [0.4, 0.5) is 0 Å². The number of aromatic carboxylic acids is 1. The van der Waals surface area contributed by atoms with Gasteiger partial charge in [-0.25, -0.2) is 0 Å². The summed E-state index contributed by atoms with van der Waals surface area (Å²) in [7, 11) is -2.00. The van der Waals surface area contributed by atoms with Gasteiger partial charge in [-0.15, -0.1) is 0 Å². The molecule has 2 aromatic carbocycles. The Balaban J connectivity index is 1.97. The topological polar surface area (TPSA) is 136 Å². The molecule has 8 nitrogen and oxygen atoms in total. The Morgan fingerprint density at radius 2 is 1.93 bits per heavy atom. The maximum absolute atomic E-state index is 12.9. The van der Waals surface area contributed by atoms with Gasteiger partial charge in [-0.05, 0) is 30.2 Å². The fourth-order valence-electron chi connectivity index (χ4n) is 2.88. The lowest BCUT2D eigenvalue weighted by atomic mass is 9.74. The van der Waals surface area contributed by atoms with E-state index >= 15 is 0 Å². The van der Waals surface area contributed by atoms with Crippen molar-refractivity contribution in [2.75, 3.05) is 0 Å². The van der Waals surface area contributed by atoms with Crippen LogP contribution in [0.2, 0.25) is 5.02 Å². The van der Waals surface area contributed by atoms with Crippen molar-refractivity contribution in [1.82, 2.24) is 10.5 Å². The number of benzene rings is 2. The van der Waals surface area contributed by atoms with E-state index in [0.717, 1.165) is 0 Å². The van der Waals surface area contributed by atoms with Crippen LogP contribution in [0.15, 0.2) is 53.1 Å². The molecule has 3 N–H and O–H groups in total. The number of amides is 1. The lowest BCUT2D eigenvalue weighted by Crippen LogP contribution is -2.39. The molecule has 0 radical (unpaired) electrons. The lowest BCUT2D eigenvalue weighted by molar-refractivity contribution is -0.255. The molecule has 0 fully saturated rings. The van der Waals surface area contributed by atoms with Crippen molar-refractivity contribution in [3.05, 3.63) is 76.0 Å². The predicted molar refractivity (Wildman–Crippen MR) is 103 cm³/mol. The number of nitrogens with zero attached hydrogens (tertiary/aromatic N) is 1. The van der Waals surface area contributed by atoms with Crippen LogP contribution in [-0.4, -0.2) is 34.2 Å². The molecule has 29 heavy (non-hydrogen) atoms. The highest BCUT2D eigenvalue weighted by Crippen LogP contribution is 2.31. The summed E-state index contributed by atoms with van der Waals surface area (Å²) in [5.74, 6) is -3.24. The summed E-state index contributed by atoms with van der Waals surface area (Å²) in [6.45, 7) is 1.53. The van der Waals surface area contributed by atoms with E-state index in [-0.39, 0.29) is 28.1 Å². The van der Waals surface area contributed by atoms with Crippen LogP contribution in [0.1, 0.15) is 38.0 Å². The standard InChI is InChI=1S/C19H16BClN2O6/c1-10-15(16(23-29-10)13-7-2-3-8-14(13)21)18(24)22-17(20(27)28)11-5-4-6-12(9-11)19(25)26/h2-9,17,27-28H,1H3,(H,22,24)(H,25,26)/p-1. The third-order valence-corrected chi connectivity index (χ3v) is 4.61. The molecule has 1 amide bonds. The predicted octanol–water partition coefficient (Wildman–Crippen LogP) is 1.15. The summed E-state index contributed by atoms with van der Waals surface area (Å²) in [4.78, 5) is 24.0. The highest BCUT2D eigenvalue weighted by molar-refractivity contribution is 6.43. The molecule has 1 heterocycles. The first-order valence-electron chi connectivity index (χ1n) is 8.49. The maximum Gasteiger partial charge on any atom is 0.480 e. The van der Waals surface area contributed by atoms with E-state index < -0.39 is 24.9 Å². The quantitative estimate of drug-likeness (QED) is 0.516. The van der Waals surface area contributed by atoms with Gasteiger partial charge in [0, 0.05) is 5.56 Å². The Kier molecular flexibility index (Phi) is 6.02. The van der Waals surface area contributed by atoms with E-state index in [1.54, 1.807) is 24.3 Å². The number of nitrogens with one attached hydrogen (secondary N) is 1. The van der Waals surface area contributed by atoms with Crippen LogP contribution in [0, 0.1) is 6.92 Å². The average molecular weight is 414 g/mol. The van der Waals surface area contributed by atoms with Crippen molar-refractivity contribution in [2.24, 2.45) is 0 Å². The molecule has 0 saturated carbocycles. The Bertz CT molecular complexity index is 1070. The third kappa shape index (κ3) is 4.32. The fourth-order valence-corrected chi connectivity index (χ4v) is 3.10. The molecule has 0 spiro atoms. The van der Waals surface area contributed by atoms with Gasteiger partial charge in [0.05, 0.1) is 16.9 Å². The second-order valence-corrected chi connectivity index (χ2v) is 6.63. The number of aryl methyl sites for hydroxylation is 1. The normalized spacial score (nSPS) is 11.7.